The fraction of sp³-hybridized carbons (Fsp3) is 0.742. The zero-order chi connectivity index (χ0) is 24.0. The standard InChI is InChI=1S/C31H46N2O/c1-2-3-22-34-31-21-20-27(29(23-32)30(31)24-33)18-8-4-5-13-19-28(25-14-9-6-10-15-25)26-16-11-7-12-17-26/h20-21,25-26,28H,2-19,22H2,1H3. The molecule has 0 unspecified atom stereocenters. The summed E-state index contributed by atoms with van der Waals surface area (Å²) in [6.45, 7) is 2.71. The van der Waals surface area contributed by atoms with Gasteiger partial charge in [0.15, 0.2) is 0 Å². The second-order valence-electron chi connectivity index (χ2n) is 10.8. The molecule has 3 nitrogen and oxygen atoms in total. The van der Waals surface area contributed by atoms with E-state index in [0.29, 0.717) is 23.5 Å². The Morgan fingerprint density at radius 3 is 2.00 bits per heavy atom. The van der Waals surface area contributed by atoms with Gasteiger partial charge in [0.1, 0.15) is 23.5 Å². The van der Waals surface area contributed by atoms with Crippen molar-refractivity contribution < 1.29 is 4.74 Å². The number of unbranched alkanes of at least 4 members (excludes halogenated alkanes) is 4. The molecule has 0 saturated heterocycles. The predicted octanol–water partition coefficient (Wildman–Crippen LogP) is 8.88. The Balaban J connectivity index is 1.47. The highest BCUT2D eigenvalue weighted by Gasteiger charge is 2.30. The molecule has 0 aromatic heterocycles. The van der Waals surface area contributed by atoms with Crippen molar-refractivity contribution in [2.45, 2.75) is 122 Å². The first-order chi connectivity index (χ1) is 16.8. The molecule has 0 N–H and O–H groups in total. The van der Waals surface area contributed by atoms with Crippen molar-refractivity contribution in [3.8, 4) is 17.9 Å². The number of hydrogen-bond donors (Lipinski definition) is 0. The molecule has 0 heterocycles. The number of benzene rings is 1. The highest BCUT2D eigenvalue weighted by Crippen LogP contribution is 2.42. The first-order valence-corrected chi connectivity index (χ1v) is 14.4. The van der Waals surface area contributed by atoms with Crippen molar-refractivity contribution in [3.63, 3.8) is 0 Å². The average molecular weight is 463 g/mol. The Bertz CT molecular complexity index is 788. The number of nitrogens with zero attached hydrogens (tertiary/aromatic N) is 2. The molecule has 2 fully saturated rings. The van der Waals surface area contributed by atoms with Gasteiger partial charge in [-0.05, 0) is 55.1 Å². The van der Waals surface area contributed by atoms with E-state index in [2.05, 4.69) is 19.1 Å². The summed E-state index contributed by atoms with van der Waals surface area (Å²) in [4.78, 5) is 0. The quantitative estimate of drug-likeness (QED) is 0.275. The summed E-state index contributed by atoms with van der Waals surface area (Å²) >= 11 is 0. The van der Waals surface area contributed by atoms with Crippen LogP contribution in [-0.2, 0) is 6.42 Å². The Hall–Kier alpha value is -2.00. The van der Waals surface area contributed by atoms with E-state index in [9.17, 15) is 10.5 Å². The van der Waals surface area contributed by atoms with Gasteiger partial charge in [0.25, 0.3) is 0 Å². The molecule has 2 aliphatic rings. The van der Waals surface area contributed by atoms with Gasteiger partial charge in [-0.1, -0.05) is 103 Å². The summed E-state index contributed by atoms with van der Waals surface area (Å²) in [5, 5.41) is 19.4. The minimum atomic E-state index is 0.416. The van der Waals surface area contributed by atoms with Crippen LogP contribution in [0.1, 0.15) is 133 Å². The van der Waals surface area contributed by atoms with E-state index >= 15 is 0 Å². The van der Waals surface area contributed by atoms with Crippen LogP contribution in [0, 0.1) is 40.4 Å². The van der Waals surface area contributed by atoms with Gasteiger partial charge < -0.3 is 4.74 Å². The molecule has 3 rings (SSSR count). The molecule has 0 bridgehead atoms. The average Bonchev–Trinajstić information content (AvgIpc) is 2.89. The van der Waals surface area contributed by atoms with Crippen LogP contribution in [0.4, 0.5) is 0 Å². The summed E-state index contributed by atoms with van der Waals surface area (Å²) in [5.41, 5.74) is 1.94. The van der Waals surface area contributed by atoms with Crippen molar-refractivity contribution in [3.05, 3.63) is 28.8 Å². The molecular formula is C31H46N2O. The van der Waals surface area contributed by atoms with Gasteiger partial charge in [-0.3, -0.25) is 0 Å². The van der Waals surface area contributed by atoms with Crippen LogP contribution < -0.4 is 4.74 Å². The van der Waals surface area contributed by atoms with Crippen LogP contribution in [0.5, 0.6) is 5.75 Å². The maximum absolute atomic E-state index is 9.72. The van der Waals surface area contributed by atoms with Gasteiger partial charge in [-0.2, -0.15) is 10.5 Å². The van der Waals surface area contributed by atoms with Crippen molar-refractivity contribution in [1.82, 2.24) is 0 Å². The normalized spacial score (nSPS) is 17.4. The molecule has 0 amide bonds. The fourth-order valence-corrected chi connectivity index (χ4v) is 6.55. The second-order valence-corrected chi connectivity index (χ2v) is 10.8. The lowest BCUT2D eigenvalue weighted by Gasteiger charge is -2.38. The molecule has 3 heteroatoms. The van der Waals surface area contributed by atoms with Gasteiger partial charge in [-0.25, -0.2) is 0 Å². The first kappa shape index (κ1) is 26.6. The highest BCUT2D eigenvalue weighted by molar-refractivity contribution is 5.57. The lowest BCUT2D eigenvalue weighted by Crippen LogP contribution is -2.27. The van der Waals surface area contributed by atoms with E-state index in [-0.39, 0.29) is 0 Å². The van der Waals surface area contributed by atoms with Gasteiger partial charge in [0.2, 0.25) is 0 Å². The number of nitriles is 2. The fourth-order valence-electron chi connectivity index (χ4n) is 6.55. The Kier molecular flexibility index (Phi) is 11.8. The van der Waals surface area contributed by atoms with E-state index in [0.717, 1.165) is 49.0 Å². The monoisotopic (exact) mass is 462 g/mol. The maximum Gasteiger partial charge on any atom is 0.138 e. The van der Waals surface area contributed by atoms with Gasteiger partial charge >= 0.3 is 0 Å². The summed E-state index contributed by atoms with van der Waals surface area (Å²) in [6, 6.07) is 8.40. The predicted molar refractivity (Wildman–Crippen MR) is 140 cm³/mol. The van der Waals surface area contributed by atoms with Gasteiger partial charge in [0, 0.05) is 0 Å². The third-order valence-electron chi connectivity index (χ3n) is 8.48. The topological polar surface area (TPSA) is 56.8 Å². The second kappa shape index (κ2) is 15.1. The third-order valence-corrected chi connectivity index (χ3v) is 8.48. The molecule has 1 aromatic carbocycles. The van der Waals surface area contributed by atoms with E-state index in [1.165, 1.54) is 89.9 Å². The van der Waals surface area contributed by atoms with Gasteiger partial charge in [0.05, 0.1) is 12.2 Å². The Morgan fingerprint density at radius 1 is 0.794 bits per heavy atom. The summed E-state index contributed by atoms with van der Waals surface area (Å²) < 4.78 is 5.77. The molecule has 186 valence electrons. The van der Waals surface area contributed by atoms with Crippen molar-refractivity contribution in [1.29, 1.82) is 10.5 Å². The van der Waals surface area contributed by atoms with E-state index < -0.39 is 0 Å². The van der Waals surface area contributed by atoms with E-state index in [4.69, 9.17) is 4.74 Å². The largest absolute Gasteiger partial charge is 0.492 e. The maximum atomic E-state index is 9.72. The van der Waals surface area contributed by atoms with Crippen LogP contribution in [0.3, 0.4) is 0 Å². The summed E-state index contributed by atoms with van der Waals surface area (Å²) in [5.74, 6) is 3.53. The SMILES string of the molecule is CCCCOc1ccc(CCCCCCC(C2CCCCC2)C2CCCCC2)c(C#N)c1C#N. The van der Waals surface area contributed by atoms with Crippen molar-refractivity contribution in [2.75, 3.05) is 6.61 Å². The summed E-state index contributed by atoms with van der Waals surface area (Å²) in [7, 11) is 0. The number of hydrogen-bond acceptors (Lipinski definition) is 3. The smallest absolute Gasteiger partial charge is 0.138 e. The molecule has 0 atom stereocenters. The highest BCUT2D eigenvalue weighted by atomic mass is 16.5. The van der Waals surface area contributed by atoms with E-state index in [1.807, 2.05) is 12.1 Å². The minimum Gasteiger partial charge on any atom is -0.492 e. The molecule has 2 saturated carbocycles. The molecule has 0 aliphatic heterocycles. The molecule has 2 aliphatic carbocycles. The number of rotatable bonds is 13. The van der Waals surface area contributed by atoms with Crippen LogP contribution in [0.15, 0.2) is 12.1 Å². The Morgan fingerprint density at radius 2 is 1.41 bits per heavy atom. The number of ether oxygens (including phenoxy) is 1. The van der Waals surface area contributed by atoms with Crippen LogP contribution >= 0.6 is 0 Å². The lowest BCUT2D eigenvalue weighted by molar-refractivity contribution is 0.131. The van der Waals surface area contributed by atoms with Crippen molar-refractivity contribution in [2.24, 2.45) is 17.8 Å². The van der Waals surface area contributed by atoms with Crippen LogP contribution in [0.25, 0.3) is 0 Å². The van der Waals surface area contributed by atoms with Crippen LogP contribution in [0.2, 0.25) is 0 Å². The first-order valence-electron chi connectivity index (χ1n) is 14.4. The van der Waals surface area contributed by atoms with Gasteiger partial charge in [-0.15, -0.1) is 0 Å². The minimum absolute atomic E-state index is 0.416. The summed E-state index contributed by atoms with van der Waals surface area (Å²) in [6.07, 6.45) is 24.0. The molecular weight excluding hydrogens is 416 g/mol. The van der Waals surface area contributed by atoms with Crippen molar-refractivity contribution >= 4 is 0 Å². The zero-order valence-corrected chi connectivity index (χ0v) is 21.6. The lowest BCUT2D eigenvalue weighted by atomic mass is 9.68. The zero-order valence-electron chi connectivity index (χ0n) is 21.6. The number of aryl methyl sites for hydroxylation is 1. The molecule has 1 aromatic rings. The Labute approximate surface area is 208 Å². The molecule has 34 heavy (non-hydrogen) atoms. The van der Waals surface area contributed by atoms with E-state index in [1.54, 1.807) is 0 Å². The van der Waals surface area contributed by atoms with Crippen LogP contribution in [-0.4, -0.2) is 6.61 Å². The molecule has 0 spiro atoms. The third kappa shape index (κ3) is 7.77. The molecule has 0 radical (unpaired) electrons.